The summed E-state index contributed by atoms with van der Waals surface area (Å²) in [4.78, 5) is 14.3. The molecule has 1 fully saturated rings. The highest BCUT2D eigenvalue weighted by Crippen LogP contribution is 2.19. The van der Waals surface area contributed by atoms with E-state index in [0.717, 1.165) is 10.9 Å². The van der Waals surface area contributed by atoms with Gasteiger partial charge < -0.3 is 9.64 Å². The maximum absolute atomic E-state index is 12.4. The third-order valence-electron chi connectivity index (χ3n) is 3.92. The molecule has 1 aliphatic heterocycles. The molecule has 0 spiro atoms. The molecule has 0 radical (unpaired) electrons. The quantitative estimate of drug-likeness (QED) is 0.873. The largest absolute Gasteiger partial charge is 0.372 e. The highest BCUT2D eigenvalue weighted by molar-refractivity contribution is 6.31. The first-order valence-electron chi connectivity index (χ1n) is 7.57. The van der Waals surface area contributed by atoms with Crippen molar-refractivity contribution in [3.63, 3.8) is 0 Å². The monoisotopic (exact) mass is 321 g/mol. The van der Waals surface area contributed by atoms with Crippen molar-refractivity contribution in [2.24, 2.45) is 0 Å². The second-order valence-electron chi connectivity index (χ2n) is 5.88. The van der Waals surface area contributed by atoms with Crippen LogP contribution in [0.3, 0.4) is 0 Å². The van der Waals surface area contributed by atoms with Crippen LogP contribution in [0, 0.1) is 0 Å². The number of ether oxygens (including phenoxy) is 1. The van der Waals surface area contributed by atoms with Crippen molar-refractivity contribution in [3.8, 4) is 0 Å². The maximum atomic E-state index is 12.4. The van der Waals surface area contributed by atoms with Gasteiger partial charge in [-0.1, -0.05) is 11.6 Å². The molecule has 0 N–H and O–H groups in total. The number of halogens is 1. The highest BCUT2D eigenvalue weighted by atomic mass is 35.5. The lowest BCUT2D eigenvalue weighted by atomic mass is 10.2. The van der Waals surface area contributed by atoms with Gasteiger partial charge in [-0.05, 0) is 32.0 Å². The smallest absolute Gasteiger partial charge is 0.224 e. The highest BCUT2D eigenvalue weighted by Gasteiger charge is 2.25. The van der Waals surface area contributed by atoms with Gasteiger partial charge in [-0.25, -0.2) is 0 Å². The molecule has 2 heterocycles. The van der Waals surface area contributed by atoms with Crippen LogP contribution in [0.5, 0.6) is 0 Å². The van der Waals surface area contributed by atoms with E-state index in [9.17, 15) is 4.79 Å². The SMILES string of the molecule is C[C@@H]1CN(C(=O)CCn2ncc3ccc(Cl)cc32)C[C@H](C)O1. The van der Waals surface area contributed by atoms with E-state index >= 15 is 0 Å². The lowest BCUT2D eigenvalue weighted by Gasteiger charge is -2.35. The van der Waals surface area contributed by atoms with E-state index in [-0.39, 0.29) is 18.1 Å². The summed E-state index contributed by atoms with van der Waals surface area (Å²) in [6, 6.07) is 5.67. The van der Waals surface area contributed by atoms with Crippen molar-refractivity contribution < 1.29 is 9.53 Å². The van der Waals surface area contributed by atoms with Gasteiger partial charge in [0.25, 0.3) is 0 Å². The fourth-order valence-electron chi connectivity index (χ4n) is 2.96. The molecule has 1 amide bonds. The van der Waals surface area contributed by atoms with Crippen molar-refractivity contribution in [3.05, 3.63) is 29.4 Å². The van der Waals surface area contributed by atoms with Crippen molar-refractivity contribution >= 4 is 28.4 Å². The van der Waals surface area contributed by atoms with E-state index in [1.807, 2.05) is 41.6 Å². The van der Waals surface area contributed by atoms with Gasteiger partial charge in [-0.2, -0.15) is 5.10 Å². The minimum absolute atomic E-state index is 0.0945. The minimum atomic E-state index is 0.0945. The Morgan fingerprint density at radius 3 is 2.82 bits per heavy atom. The van der Waals surface area contributed by atoms with E-state index in [1.165, 1.54) is 0 Å². The molecule has 1 aromatic heterocycles. The molecule has 1 aliphatic rings. The topological polar surface area (TPSA) is 47.4 Å². The molecule has 0 saturated carbocycles. The Hall–Kier alpha value is -1.59. The van der Waals surface area contributed by atoms with Crippen LogP contribution in [-0.4, -0.2) is 45.9 Å². The Kier molecular flexibility index (Phi) is 4.36. The number of benzene rings is 1. The first-order valence-corrected chi connectivity index (χ1v) is 7.95. The summed E-state index contributed by atoms with van der Waals surface area (Å²) < 4.78 is 7.50. The zero-order valence-electron chi connectivity index (χ0n) is 12.8. The standard InChI is InChI=1S/C16H20ClN3O2/c1-11-9-19(10-12(2)22-11)16(21)5-6-20-15-7-14(17)4-3-13(15)8-18-20/h3-4,7-8,11-12H,5-6,9-10H2,1-2H3/t11-,12+. The molecule has 2 aromatic rings. The van der Waals surface area contributed by atoms with Crippen LogP contribution in [0.1, 0.15) is 20.3 Å². The summed E-state index contributed by atoms with van der Waals surface area (Å²) in [6.07, 6.45) is 2.42. The van der Waals surface area contributed by atoms with Gasteiger partial charge in [0, 0.05) is 29.9 Å². The molecule has 6 heteroatoms. The molecule has 3 rings (SSSR count). The zero-order valence-corrected chi connectivity index (χ0v) is 13.6. The second-order valence-corrected chi connectivity index (χ2v) is 6.31. The third-order valence-corrected chi connectivity index (χ3v) is 4.15. The number of aromatic nitrogens is 2. The number of amides is 1. The molecule has 0 aliphatic carbocycles. The Morgan fingerprint density at radius 1 is 1.36 bits per heavy atom. The number of carbonyl (C=O) groups is 1. The number of rotatable bonds is 3. The predicted octanol–water partition coefficient (Wildman–Crippen LogP) is 2.72. The lowest BCUT2D eigenvalue weighted by molar-refractivity contribution is -0.143. The van der Waals surface area contributed by atoms with E-state index in [0.29, 0.717) is 31.1 Å². The average molecular weight is 322 g/mol. The average Bonchev–Trinajstić information content (AvgIpc) is 2.86. The number of nitrogens with zero attached hydrogens (tertiary/aromatic N) is 3. The van der Waals surface area contributed by atoms with Crippen LogP contribution in [0.25, 0.3) is 10.9 Å². The Morgan fingerprint density at radius 2 is 2.09 bits per heavy atom. The van der Waals surface area contributed by atoms with Crippen molar-refractivity contribution in [1.29, 1.82) is 0 Å². The van der Waals surface area contributed by atoms with E-state index < -0.39 is 0 Å². The lowest BCUT2D eigenvalue weighted by Crippen LogP contribution is -2.48. The Bertz CT molecular complexity index is 675. The summed E-state index contributed by atoms with van der Waals surface area (Å²) >= 11 is 6.03. The first kappa shape index (κ1) is 15.3. The van der Waals surface area contributed by atoms with E-state index in [2.05, 4.69) is 5.10 Å². The first-order chi connectivity index (χ1) is 10.5. The molecule has 5 nitrogen and oxygen atoms in total. The normalized spacial score (nSPS) is 22.2. The molecule has 2 atom stereocenters. The van der Waals surface area contributed by atoms with Crippen LogP contribution >= 0.6 is 11.6 Å². The van der Waals surface area contributed by atoms with Crippen LogP contribution in [0.4, 0.5) is 0 Å². The molecule has 1 aromatic carbocycles. The van der Waals surface area contributed by atoms with Gasteiger partial charge in [0.15, 0.2) is 0 Å². The fraction of sp³-hybridized carbons (Fsp3) is 0.500. The fourth-order valence-corrected chi connectivity index (χ4v) is 3.13. The Labute approximate surface area is 134 Å². The second kappa shape index (κ2) is 6.26. The summed E-state index contributed by atoms with van der Waals surface area (Å²) in [5.41, 5.74) is 0.962. The molecular formula is C16H20ClN3O2. The van der Waals surface area contributed by atoms with Gasteiger partial charge in [0.05, 0.1) is 30.5 Å². The van der Waals surface area contributed by atoms with Gasteiger partial charge in [-0.15, -0.1) is 0 Å². The predicted molar refractivity (Wildman–Crippen MR) is 85.9 cm³/mol. The minimum Gasteiger partial charge on any atom is -0.372 e. The van der Waals surface area contributed by atoms with E-state index in [1.54, 1.807) is 6.20 Å². The Balaban J connectivity index is 1.66. The number of hydrogen-bond donors (Lipinski definition) is 0. The van der Waals surface area contributed by atoms with Crippen molar-refractivity contribution in [2.75, 3.05) is 13.1 Å². The van der Waals surface area contributed by atoms with Crippen molar-refractivity contribution in [1.82, 2.24) is 14.7 Å². The molecular weight excluding hydrogens is 302 g/mol. The van der Waals surface area contributed by atoms with Crippen LogP contribution in [0.2, 0.25) is 5.02 Å². The number of fused-ring (bicyclic) bond motifs is 1. The summed E-state index contributed by atoms with van der Waals surface area (Å²) in [6.45, 7) is 5.88. The van der Waals surface area contributed by atoms with Crippen LogP contribution in [0.15, 0.2) is 24.4 Å². The number of hydrogen-bond acceptors (Lipinski definition) is 3. The maximum Gasteiger partial charge on any atom is 0.224 e. The zero-order chi connectivity index (χ0) is 15.7. The summed E-state index contributed by atoms with van der Waals surface area (Å²) in [5, 5.41) is 6.06. The van der Waals surface area contributed by atoms with Gasteiger partial charge in [-0.3, -0.25) is 9.48 Å². The van der Waals surface area contributed by atoms with Gasteiger partial charge >= 0.3 is 0 Å². The number of aryl methyl sites for hydroxylation is 1. The molecule has 0 unspecified atom stereocenters. The summed E-state index contributed by atoms with van der Waals surface area (Å²) in [7, 11) is 0. The summed E-state index contributed by atoms with van der Waals surface area (Å²) in [5.74, 6) is 0.146. The third kappa shape index (κ3) is 3.25. The number of carbonyl (C=O) groups excluding carboxylic acids is 1. The number of morpholine rings is 1. The van der Waals surface area contributed by atoms with Gasteiger partial charge in [0.2, 0.25) is 5.91 Å². The van der Waals surface area contributed by atoms with E-state index in [4.69, 9.17) is 16.3 Å². The van der Waals surface area contributed by atoms with Gasteiger partial charge in [0.1, 0.15) is 0 Å². The molecule has 118 valence electrons. The molecule has 1 saturated heterocycles. The van der Waals surface area contributed by atoms with Crippen molar-refractivity contribution in [2.45, 2.75) is 39.0 Å². The molecule has 22 heavy (non-hydrogen) atoms. The van der Waals surface area contributed by atoms with Crippen LogP contribution < -0.4 is 0 Å². The van der Waals surface area contributed by atoms with Crippen LogP contribution in [-0.2, 0) is 16.1 Å². The molecule has 0 bridgehead atoms.